The normalized spacial score (nSPS) is 13.9. The highest BCUT2D eigenvalue weighted by Crippen LogP contribution is 2.40. The van der Waals surface area contributed by atoms with E-state index in [1.807, 2.05) is 24.6 Å². The predicted molar refractivity (Wildman–Crippen MR) is 104 cm³/mol. The number of amides is 1. The van der Waals surface area contributed by atoms with Gasteiger partial charge in [-0.3, -0.25) is 9.59 Å². The number of fused-ring (bicyclic) bond motifs is 1. The smallest absolute Gasteiger partial charge is 0.256 e. The highest BCUT2D eigenvalue weighted by atomic mass is 16.1. The van der Waals surface area contributed by atoms with Crippen molar-refractivity contribution >= 4 is 28.4 Å². The van der Waals surface area contributed by atoms with Crippen LogP contribution in [0.5, 0.6) is 0 Å². The third-order valence-electron chi connectivity index (χ3n) is 4.84. The Morgan fingerprint density at radius 3 is 2.67 bits per heavy atom. The minimum absolute atomic E-state index is 0.0355. The van der Waals surface area contributed by atoms with E-state index in [0.717, 1.165) is 29.6 Å². The van der Waals surface area contributed by atoms with Gasteiger partial charge in [-0.05, 0) is 51.8 Å². The van der Waals surface area contributed by atoms with Gasteiger partial charge in [0.15, 0.2) is 11.4 Å². The number of anilines is 1. The summed E-state index contributed by atoms with van der Waals surface area (Å²) in [6.07, 6.45) is 3.92. The third-order valence-corrected chi connectivity index (χ3v) is 4.84. The molecule has 0 unspecified atom stereocenters. The number of carbonyl (C=O) groups excluding carboxylic acids is 2. The van der Waals surface area contributed by atoms with Crippen LogP contribution in [0, 0.1) is 0 Å². The zero-order valence-corrected chi connectivity index (χ0v) is 15.7. The van der Waals surface area contributed by atoms with Crippen LogP contribution in [0.1, 0.15) is 72.0 Å². The molecule has 27 heavy (non-hydrogen) atoms. The van der Waals surface area contributed by atoms with Crippen molar-refractivity contribution in [2.45, 2.75) is 45.6 Å². The lowest BCUT2D eigenvalue weighted by molar-refractivity contribution is 0.101. The lowest BCUT2D eigenvalue weighted by atomic mass is 10.1. The van der Waals surface area contributed by atoms with E-state index in [4.69, 9.17) is 4.98 Å². The van der Waals surface area contributed by atoms with Gasteiger partial charge < -0.3 is 5.32 Å². The third kappa shape index (κ3) is 3.35. The van der Waals surface area contributed by atoms with Crippen molar-refractivity contribution in [2.24, 2.45) is 0 Å². The van der Waals surface area contributed by atoms with Crippen molar-refractivity contribution in [3.63, 3.8) is 0 Å². The number of nitrogens with zero attached hydrogens (tertiary/aromatic N) is 3. The largest absolute Gasteiger partial charge is 0.322 e. The molecular weight excluding hydrogens is 340 g/mol. The molecule has 2 heterocycles. The Kier molecular flexibility index (Phi) is 4.26. The van der Waals surface area contributed by atoms with Gasteiger partial charge in [-0.2, -0.15) is 5.10 Å². The number of benzene rings is 1. The van der Waals surface area contributed by atoms with Gasteiger partial charge in [0.2, 0.25) is 0 Å². The average Bonchev–Trinajstić information content (AvgIpc) is 3.39. The quantitative estimate of drug-likeness (QED) is 0.685. The van der Waals surface area contributed by atoms with Gasteiger partial charge in [0.25, 0.3) is 5.91 Å². The monoisotopic (exact) mass is 362 g/mol. The second-order valence-corrected chi connectivity index (χ2v) is 7.38. The molecule has 0 bridgehead atoms. The molecule has 1 aromatic carbocycles. The molecule has 1 aliphatic carbocycles. The van der Waals surface area contributed by atoms with Crippen molar-refractivity contribution < 1.29 is 9.59 Å². The van der Waals surface area contributed by atoms with Crippen LogP contribution < -0.4 is 5.32 Å². The predicted octanol–water partition coefficient (Wildman–Crippen LogP) is 4.34. The molecule has 1 N–H and O–H groups in total. The summed E-state index contributed by atoms with van der Waals surface area (Å²) in [5.74, 6) is 0.178. The highest BCUT2D eigenvalue weighted by Gasteiger charge is 2.28. The highest BCUT2D eigenvalue weighted by molar-refractivity contribution is 6.12. The average molecular weight is 362 g/mol. The molecule has 0 radical (unpaired) electrons. The number of hydrogen-bond acceptors (Lipinski definition) is 4. The summed E-state index contributed by atoms with van der Waals surface area (Å²) in [6, 6.07) is 9.02. The zero-order chi connectivity index (χ0) is 19.1. The van der Waals surface area contributed by atoms with Crippen molar-refractivity contribution in [3.05, 3.63) is 53.3 Å². The van der Waals surface area contributed by atoms with Gasteiger partial charge in [0.05, 0.1) is 17.1 Å². The molecule has 6 nitrogen and oxygen atoms in total. The van der Waals surface area contributed by atoms with Crippen LogP contribution in [0.3, 0.4) is 0 Å². The summed E-state index contributed by atoms with van der Waals surface area (Å²) in [4.78, 5) is 29.4. The standard InChI is InChI=1S/C21H22N4O2/c1-12(2)25-20-18(11-22-25)17(10-19(24-20)14-7-8-14)21(27)23-16-6-4-5-15(9-16)13(3)26/h4-6,9-12,14H,7-8H2,1-3H3,(H,23,27). The maximum absolute atomic E-state index is 13.0. The van der Waals surface area contributed by atoms with E-state index < -0.39 is 0 Å². The van der Waals surface area contributed by atoms with Crippen LogP contribution in [0.15, 0.2) is 36.5 Å². The SMILES string of the molecule is CC(=O)c1cccc(NC(=O)c2cc(C3CC3)nc3c2cnn3C(C)C)c1. The van der Waals surface area contributed by atoms with Gasteiger partial charge in [0, 0.05) is 28.9 Å². The molecule has 0 aliphatic heterocycles. The Labute approximate surface area is 157 Å². The Bertz CT molecular complexity index is 1050. The topological polar surface area (TPSA) is 76.9 Å². The van der Waals surface area contributed by atoms with E-state index in [2.05, 4.69) is 10.4 Å². The lowest BCUT2D eigenvalue weighted by Crippen LogP contribution is -2.14. The van der Waals surface area contributed by atoms with E-state index in [-0.39, 0.29) is 17.7 Å². The van der Waals surface area contributed by atoms with Gasteiger partial charge >= 0.3 is 0 Å². The molecular formula is C21H22N4O2. The summed E-state index contributed by atoms with van der Waals surface area (Å²) in [7, 11) is 0. The van der Waals surface area contributed by atoms with E-state index in [1.54, 1.807) is 30.5 Å². The van der Waals surface area contributed by atoms with Crippen LogP contribution >= 0.6 is 0 Å². The number of aromatic nitrogens is 3. The maximum atomic E-state index is 13.0. The first-order valence-corrected chi connectivity index (χ1v) is 9.24. The van der Waals surface area contributed by atoms with E-state index >= 15 is 0 Å². The van der Waals surface area contributed by atoms with Crippen LogP contribution in [-0.2, 0) is 0 Å². The number of carbonyl (C=O) groups is 2. The van der Waals surface area contributed by atoms with Crippen LogP contribution in [0.4, 0.5) is 5.69 Å². The second kappa shape index (κ2) is 6.61. The fourth-order valence-corrected chi connectivity index (χ4v) is 3.21. The number of hydrogen-bond donors (Lipinski definition) is 1. The molecule has 1 aliphatic rings. The molecule has 3 aromatic rings. The summed E-state index contributed by atoms with van der Waals surface area (Å²) >= 11 is 0. The van der Waals surface area contributed by atoms with Gasteiger partial charge in [-0.25, -0.2) is 9.67 Å². The second-order valence-electron chi connectivity index (χ2n) is 7.38. The van der Waals surface area contributed by atoms with E-state index in [9.17, 15) is 9.59 Å². The first-order chi connectivity index (χ1) is 12.9. The molecule has 0 spiro atoms. The van der Waals surface area contributed by atoms with Crippen molar-refractivity contribution in [3.8, 4) is 0 Å². The zero-order valence-electron chi connectivity index (χ0n) is 15.7. The maximum Gasteiger partial charge on any atom is 0.256 e. The Hall–Kier alpha value is -3.02. The minimum atomic E-state index is -0.215. The number of nitrogens with one attached hydrogen (secondary N) is 1. The molecule has 138 valence electrons. The van der Waals surface area contributed by atoms with Crippen molar-refractivity contribution in [1.29, 1.82) is 0 Å². The number of rotatable bonds is 5. The number of pyridine rings is 1. The summed E-state index contributed by atoms with van der Waals surface area (Å²) in [5, 5.41) is 8.09. The van der Waals surface area contributed by atoms with Crippen LogP contribution in [0.2, 0.25) is 0 Å². The fourth-order valence-electron chi connectivity index (χ4n) is 3.21. The van der Waals surface area contributed by atoms with Crippen LogP contribution in [0.25, 0.3) is 11.0 Å². The van der Waals surface area contributed by atoms with Crippen LogP contribution in [-0.4, -0.2) is 26.5 Å². The van der Waals surface area contributed by atoms with Gasteiger partial charge in [0.1, 0.15) is 0 Å². The lowest BCUT2D eigenvalue weighted by Gasteiger charge is -2.11. The summed E-state index contributed by atoms with van der Waals surface area (Å²) < 4.78 is 1.86. The summed E-state index contributed by atoms with van der Waals surface area (Å²) in [5.41, 5.74) is 3.44. The summed E-state index contributed by atoms with van der Waals surface area (Å²) in [6.45, 7) is 5.60. The first kappa shape index (κ1) is 17.4. The fraction of sp³-hybridized carbons (Fsp3) is 0.333. The van der Waals surface area contributed by atoms with Crippen molar-refractivity contribution in [2.75, 3.05) is 5.32 Å². The molecule has 0 atom stereocenters. The molecule has 2 aromatic heterocycles. The number of Topliss-reactive ketones (excluding diaryl/α,β-unsaturated/α-hetero) is 1. The van der Waals surface area contributed by atoms with Crippen molar-refractivity contribution in [1.82, 2.24) is 14.8 Å². The van der Waals surface area contributed by atoms with E-state index in [1.165, 1.54) is 6.92 Å². The molecule has 1 amide bonds. The van der Waals surface area contributed by atoms with E-state index in [0.29, 0.717) is 22.7 Å². The number of ketones is 1. The molecule has 4 rings (SSSR count). The molecule has 6 heteroatoms. The molecule has 1 fully saturated rings. The minimum Gasteiger partial charge on any atom is -0.322 e. The Morgan fingerprint density at radius 2 is 2.00 bits per heavy atom. The van der Waals surface area contributed by atoms with Gasteiger partial charge in [-0.1, -0.05) is 12.1 Å². The first-order valence-electron chi connectivity index (χ1n) is 9.24. The Morgan fingerprint density at radius 1 is 1.22 bits per heavy atom. The molecule has 0 saturated heterocycles. The van der Waals surface area contributed by atoms with Gasteiger partial charge in [-0.15, -0.1) is 0 Å². The Balaban J connectivity index is 1.75. The molecule has 1 saturated carbocycles.